The number of nitrogen functional groups attached to an aromatic ring is 1. The number of halogens is 2. The van der Waals surface area contributed by atoms with Crippen LogP contribution in [0.15, 0.2) is 42.5 Å². The number of anilines is 1. The van der Waals surface area contributed by atoms with Gasteiger partial charge in [0.1, 0.15) is 18.2 Å². The third kappa shape index (κ3) is 2.88. The highest BCUT2D eigenvalue weighted by Gasteiger charge is 2.07. The van der Waals surface area contributed by atoms with Crippen LogP contribution in [0.5, 0.6) is 5.75 Å². The first-order valence-electron chi connectivity index (χ1n) is 5.08. The number of benzene rings is 2. The molecular weight excluding hydrogens is 241 g/mol. The molecule has 0 amide bonds. The van der Waals surface area contributed by atoms with Gasteiger partial charge >= 0.3 is 0 Å². The number of rotatable bonds is 3. The van der Waals surface area contributed by atoms with Gasteiger partial charge in [-0.05, 0) is 5.56 Å². The first-order chi connectivity index (χ1) is 8.16. The molecule has 0 unspecified atom stereocenters. The molecule has 2 nitrogen and oxygen atoms in total. The fourth-order valence-corrected chi connectivity index (χ4v) is 1.56. The van der Waals surface area contributed by atoms with Crippen molar-refractivity contribution in [3.05, 3.63) is 58.9 Å². The number of nitrogens with two attached hydrogens (primary N) is 1. The molecular formula is C13H11ClFNO. The average Bonchev–Trinajstić information content (AvgIpc) is 2.33. The molecule has 17 heavy (non-hydrogen) atoms. The highest BCUT2D eigenvalue weighted by molar-refractivity contribution is 6.31. The summed E-state index contributed by atoms with van der Waals surface area (Å²) in [4.78, 5) is 0. The molecule has 88 valence electrons. The van der Waals surface area contributed by atoms with Gasteiger partial charge in [0.05, 0.1) is 10.7 Å². The smallest absolute Gasteiger partial charge is 0.144 e. The molecule has 2 N–H and O–H groups in total. The lowest BCUT2D eigenvalue weighted by Crippen LogP contribution is -1.99. The normalized spacial score (nSPS) is 10.2. The minimum atomic E-state index is -0.545. The highest BCUT2D eigenvalue weighted by Crippen LogP contribution is 2.28. The Bertz CT molecular complexity index is 516. The zero-order valence-electron chi connectivity index (χ0n) is 8.99. The van der Waals surface area contributed by atoms with Crippen LogP contribution >= 0.6 is 11.6 Å². The molecule has 0 aliphatic rings. The van der Waals surface area contributed by atoms with Gasteiger partial charge in [0.15, 0.2) is 0 Å². The fourth-order valence-electron chi connectivity index (χ4n) is 1.40. The Morgan fingerprint density at radius 1 is 1.18 bits per heavy atom. The summed E-state index contributed by atoms with van der Waals surface area (Å²) >= 11 is 5.66. The van der Waals surface area contributed by atoms with Gasteiger partial charge in [0.2, 0.25) is 0 Å². The Balaban J connectivity index is 2.12. The molecule has 0 saturated carbocycles. The second-order valence-electron chi connectivity index (χ2n) is 3.58. The van der Waals surface area contributed by atoms with Gasteiger partial charge in [-0.25, -0.2) is 4.39 Å². The molecule has 4 heteroatoms. The number of ether oxygens (including phenoxy) is 1. The molecule has 0 aliphatic heterocycles. The zero-order valence-corrected chi connectivity index (χ0v) is 9.75. The number of hydrogen-bond acceptors (Lipinski definition) is 2. The van der Waals surface area contributed by atoms with Crippen LogP contribution in [-0.4, -0.2) is 0 Å². The summed E-state index contributed by atoms with van der Waals surface area (Å²) in [6.07, 6.45) is 0. The topological polar surface area (TPSA) is 35.2 Å². The Morgan fingerprint density at radius 3 is 2.59 bits per heavy atom. The van der Waals surface area contributed by atoms with Crippen LogP contribution in [0.4, 0.5) is 10.1 Å². The molecule has 0 saturated heterocycles. The predicted molar refractivity (Wildman–Crippen MR) is 66.6 cm³/mol. The van der Waals surface area contributed by atoms with E-state index in [0.717, 1.165) is 11.6 Å². The minimum Gasteiger partial charge on any atom is -0.487 e. The molecule has 0 spiro atoms. The van der Waals surface area contributed by atoms with E-state index in [2.05, 4.69) is 0 Å². The van der Waals surface area contributed by atoms with Crippen LogP contribution in [0.25, 0.3) is 0 Å². The average molecular weight is 252 g/mol. The van der Waals surface area contributed by atoms with E-state index in [0.29, 0.717) is 12.4 Å². The third-order valence-corrected chi connectivity index (χ3v) is 2.58. The van der Waals surface area contributed by atoms with E-state index < -0.39 is 5.82 Å². The van der Waals surface area contributed by atoms with Crippen LogP contribution in [0, 0.1) is 5.82 Å². The summed E-state index contributed by atoms with van der Waals surface area (Å²) in [7, 11) is 0. The van der Waals surface area contributed by atoms with Gasteiger partial charge in [0.25, 0.3) is 0 Å². The van der Waals surface area contributed by atoms with Crippen LogP contribution in [0.3, 0.4) is 0 Å². The van der Waals surface area contributed by atoms with E-state index in [-0.39, 0.29) is 10.7 Å². The molecule has 0 aliphatic carbocycles. The number of hydrogen-bond donors (Lipinski definition) is 1. The van der Waals surface area contributed by atoms with E-state index in [1.807, 2.05) is 30.3 Å². The van der Waals surface area contributed by atoms with E-state index in [1.165, 1.54) is 6.07 Å². The summed E-state index contributed by atoms with van der Waals surface area (Å²) in [5.41, 5.74) is 6.88. The highest BCUT2D eigenvalue weighted by atomic mass is 35.5. The predicted octanol–water partition coefficient (Wildman–Crippen LogP) is 3.64. The zero-order chi connectivity index (χ0) is 12.3. The van der Waals surface area contributed by atoms with Crippen LogP contribution in [-0.2, 0) is 6.61 Å². The maximum absolute atomic E-state index is 13.1. The van der Waals surface area contributed by atoms with Crippen molar-refractivity contribution in [2.45, 2.75) is 6.61 Å². The first kappa shape index (κ1) is 11.7. The maximum Gasteiger partial charge on any atom is 0.144 e. The van der Waals surface area contributed by atoms with Crippen molar-refractivity contribution in [1.29, 1.82) is 0 Å². The van der Waals surface area contributed by atoms with Gasteiger partial charge in [0, 0.05) is 12.1 Å². The Labute approximate surface area is 104 Å². The van der Waals surface area contributed by atoms with Gasteiger partial charge in [-0.2, -0.15) is 0 Å². The maximum atomic E-state index is 13.1. The molecule has 2 rings (SSSR count). The van der Waals surface area contributed by atoms with Crippen molar-refractivity contribution in [2.75, 3.05) is 5.73 Å². The lowest BCUT2D eigenvalue weighted by Gasteiger charge is -2.09. The lowest BCUT2D eigenvalue weighted by molar-refractivity contribution is 0.307. The lowest BCUT2D eigenvalue weighted by atomic mass is 10.2. The minimum absolute atomic E-state index is 0.00209. The van der Waals surface area contributed by atoms with Crippen molar-refractivity contribution in [2.24, 2.45) is 0 Å². The quantitative estimate of drug-likeness (QED) is 0.846. The largest absolute Gasteiger partial charge is 0.487 e. The summed E-state index contributed by atoms with van der Waals surface area (Å²) in [5, 5.41) is 0.00209. The van der Waals surface area contributed by atoms with E-state index in [1.54, 1.807) is 0 Å². The molecule has 0 radical (unpaired) electrons. The van der Waals surface area contributed by atoms with Crippen molar-refractivity contribution < 1.29 is 9.13 Å². The third-order valence-electron chi connectivity index (χ3n) is 2.29. The second kappa shape index (κ2) is 5.06. The standard InChI is InChI=1S/C13H11ClFNO/c14-10-6-13(12(16)7-11(10)15)17-8-9-4-2-1-3-5-9/h1-7H,8,16H2. The van der Waals surface area contributed by atoms with Gasteiger partial charge < -0.3 is 10.5 Å². The van der Waals surface area contributed by atoms with Gasteiger partial charge in [-0.15, -0.1) is 0 Å². The Kier molecular flexibility index (Phi) is 3.49. The van der Waals surface area contributed by atoms with E-state index >= 15 is 0 Å². The van der Waals surface area contributed by atoms with Crippen molar-refractivity contribution >= 4 is 17.3 Å². The molecule has 2 aromatic carbocycles. The van der Waals surface area contributed by atoms with Crippen molar-refractivity contribution in [1.82, 2.24) is 0 Å². The molecule has 0 bridgehead atoms. The van der Waals surface area contributed by atoms with E-state index in [9.17, 15) is 4.39 Å². The van der Waals surface area contributed by atoms with Crippen LogP contribution < -0.4 is 10.5 Å². The molecule has 0 fully saturated rings. The molecule has 2 aromatic rings. The monoisotopic (exact) mass is 251 g/mol. The Morgan fingerprint density at radius 2 is 1.88 bits per heavy atom. The van der Waals surface area contributed by atoms with Crippen molar-refractivity contribution in [3.63, 3.8) is 0 Å². The summed E-state index contributed by atoms with van der Waals surface area (Å²) in [6, 6.07) is 12.2. The second-order valence-corrected chi connectivity index (χ2v) is 3.99. The first-order valence-corrected chi connectivity index (χ1v) is 5.46. The van der Waals surface area contributed by atoms with Gasteiger partial charge in [-0.3, -0.25) is 0 Å². The summed E-state index contributed by atoms with van der Waals surface area (Å²) in [5.74, 6) is -0.156. The molecule has 0 heterocycles. The van der Waals surface area contributed by atoms with Crippen LogP contribution in [0.2, 0.25) is 5.02 Å². The van der Waals surface area contributed by atoms with E-state index in [4.69, 9.17) is 22.1 Å². The van der Waals surface area contributed by atoms with Gasteiger partial charge in [-0.1, -0.05) is 41.9 Å². The summed E-state index contributed by atoms with van der Waals surface area (Å²) < 4.78 is 18.5. The summed E-state index contributed by atoms with van der Waals surface area (Å²) in [6.45, 7) is 0.368. The molecule has 0 atom stereocenters. The molecule has 0 aromatic heterocycles. The van der Waals surface area contributed by atoms with Crippen LogP contribution in [0.1, 0.15) is 5.56 Å². The SMILES string of the molecule is Nc1cc(F)c(Cl)cc1OCc1ccccc1. The Hall–Kier alpha value is -1.74. The van der Waals surface area contributed by atoms with Crippen molar-refractivity contribution in [3.8, 4) is 5.75 Å². The fraction of sp³-hybridized carbons (Fsp3) is 0.0769.